The predicted octanol–water partition coefficient (Wildman–Crippen LogP) is 4.32. The first-order valence-corrected chi connectivity index (χ1v) is 10.8. The van der Waals surface area contributed by atoms with E-state index >= 15 is 0 Å². The van der Waals surface area contributed by atoms with E-state index in [-0.39, 0.29) is 11.9 Å². The van der Waals surface area contributed by atoms with Gasteiger partial charge in [0.25, 0.3) is 0 Å². The van der Waals surface area contributed by atoms with Crippen molar-refractivity contribution in [1.82, 2.24) is 19.6 Å². The lowest BCUT2D eigenvalue weighted by molar-refractivity contribution is -0.0472. The molecular weight excluding hydrogens is 409 g/mol. The van der Waals surface area contributed by atoms with Gasteiger partial charge in [-0.05, 0) is 54.8 Å². The second-order valence-corrected chi connectivity index (χ2v) is 8.03. The van der Waals surface area contributed by atoms with Crippen LogP contribution >= 0.6 is 0 Å². The van der Waals surface area contributed by atoms with E-state index in [2.05, 4.69) is 9.88 Å². The van der Waals surface area contributed by atoms with Gasteiger partial charge in [0.1, 0.15) is 17.3 Å². The molecule has 1 aromatic carbocycles. The molecule has 0 N–H and O–H groups in total. The molecule has 2 fully saturated rings. The van der Waals surface area contributed by atoms with Gasteiger partial charge in [0.05, 0.1) is 36.8 Å². The summed E-state index contributed by atoms with van der Waals surface area (Å²) in [5, 5.41) is 4.90. The molecule has 5 heterocycles. The number of pyridine rings is 1. The summed E-state index contributed by atoms with van der Waals surface area (Å²) < 4.78 is 26.8. The van der Waals surface area contributed by atoms with Gasteiger partial charge in [-0.3, -0.25) is 0 Å². The van der Waals surface area contributed by atoms with E-state index in [1.54, 1.807) is 18.3 Å². The van der Waals surface area contributed by atoms with Crippen LogP contribution in [0.5, 0.6) is 0 Å². The molecule has 1 atom stereocenters. The molecule has 2 aliphatic heterocycles. The average Bonchev–Trinajstić information content (AvgIpc) is 3.59. The molecule has 0 spiro atoms. The minimum atomic E-state index is -0.436. The Morgan fingerprint density at radius 2 is 1.88 bits per heavy atom. The minimum Gasteiger partial charge on any atom is -0.348 e. The minimum absolute atomic E-state index is 0.0979. The number of hydrogen-bond acceptors (Lipinski definition) is 6. The summed E-state index contributed by atoms with van der Waals surface area (Å²) in [4.78, 5) is 11.5. The molecule has 0 aliphatic carbocycles. The van der Waals surface area contributed by atoms with E-state index < -0.39 is 6.29 Å². The maximum absolute atomic E-state index is 13.8. The molecule has 3 aromatic heterocycles. The summed E-state index contributed by atoms with van der Waals surface area (Å²) in [6, 6.07) is 16.6. The smallest absolute Gasteiger partial charge is 0.201 e. The monoisotopic (exact) mass is 431 g/mol. The number of nitrogens with zero attached hydrogens (tertiary/aromatic N) is 5. The average molecular weight is 431 g/mol. The standard InChI is InChI=1S/C24H22FN5O2/c25-17-5-1-4-16(14-17)20-8-3-11-29(20)23-10-9-22-26-15-21(30(22)28-23)18-6-2-7-19(27-18)24-31-12-13-32-24/h1-2,4-7,9-10,14-15,20,24H,3,8,11-13H2. The molecular formula is C24H22FN5O2. The SMILES string of the molecule is Fc1cccc(C2CCCN2c2ccc3ncc(-c4cccc(C5OCCO5)n4)n3n2)c1. The Kier molecular flexibility index (Phi) is 4.81. The molecule has 32 heavy (non-hydrogen) atoms. The Morgan fingerprint density at radius 1 is 1.00 bits per heavy atom. The first-order chi connectivity index (χ1) is 15.8. The fourth-order valence-electron chi connectivity index (χ4n) is 4.55. The highest BCUT2D eigenvalue weighted by atomic mass is 19.1. The van der Waals surface area contributed by atoms with E-state index in [0.717, 1.165) is 53.5 Å². The van der Waals surface area contributed by atoms with Crippen molar-refractivity contribution in [2.75, 3.05) is 24.7 Å². The second kappa shape index (κ2) is 7.96. The maximum Gasteiger partial charge on any atom is 0.201 e. The molecule has 162 valence electrons. The zero-order chi connectivity index (χ0) is 21.5. The van der Waals surface area contributed by atoms with Crippen molar-refractivity contribution < 1.29 is 13.9 Å². The van der Waals surface area contributed by atoms with Crippen LogP contribution in [0.1, 0.15) is 36.4 Å². The number of imidazole rings is 1. The Bertz CT molecular complexity index is 1270. The lowest BCUT2D eigenvalue weighted by atomic mass is 10.0. The zero-order valence-electron chi connectivity index (χ0n) is 17.4. The Labute approximate surface area is 184 Å². The summed E-state index contributed by atoms with van der Waals surface area (Å²) in [6.45, 7) is 2.01. The number of anilines is 1. The molecule has 1 unspecified atom stereocenters. The van der Waals surface area contributed by atoms with Crippen LogP contribution in [0.2, 0.25) is 0 Å². The Morgan fingerprint density at radius 3 is 2.75 bits per heavy atom. The number of benzene rings is 1. The lowest BCUT2D eigenvalue weighted by Crippen LogP contribution is -2.24. The van der Waals surface area contributed by atoms with Crippen molar-refractivity contribution >= 4 is 11.5 Å². The molecule has 8 heteroatoms. The summed E-state index contributed by atoms with van der Waals surface area (Å²) in [6.07, 6.45) is 3.34. The molecule has 0 radical (unpaired) electrons. The third kappa shape index (κ3) is 3.41. The van der Waals surface area contributed by atoms with Crippen molar-refractivity contribution in [3.05, 3.63) is 77.9 Å². The molecule has 0 saturated carbocycles. The Hall–Kier alpha value is -3.36. The fourth-order valence-corrected chi connectivity index (χ4v) is 4.55. The largest absolute Gasteiger partial charge is 0.348 e. The van der Waals surface area contributed by atoms with Crippen LogP contribution in [-0.4, -0.2) is 39.3 Å². The van der Waals surface area contributed by atoms with Gasteiger partial charge in [-0.25, -0.2) is 18.9 Å². The van der Waals surface area contributed by atoms with Crippen LogP contribution in [0.4, 0.5) is 10.2 Å². The van der Waals surface area contributed by atoms with Crippen LogP contribution < -0.4 is 4.90 Å². The number of fused-ring (bicyclic) bond motifs is 1. The van der Waals surface area contributed by atoms with Gasteiger partial charge in [0, 0.05) is 6.54 Å². The van der Waals surface area contributed by atoms with Crippen molar-refractivity contribution in [2.45, 2.75) is 25.2 Å². The zero-order valence-corrected chi connectivity index (χ0v) is 17.4. The van der Waals surface area contributed by atoms with E-state index in [0.29, 0.717) is 13.2 Å². The normalized spacial score (nSPS) is 19.3. The third-order valence-electron chi connectivity index (χ3n) is 6.03. The van der Waals surface area contributed by atoms with Crippen molar-refractivity contribution in [3.8, 4) is 11.4 Å². The Balaban J connectivity index is 1.37. The second-order valence-electron chi connectivity index (χ2n) is 8.03. The number of halogens is 1. The molecule has 2 aliphatic rings. The van der Waals surface area contributed by atoms with E-state index in [1.165, 1.54) is 6.07 Å². The molecule has 0 amide bonds. The maximum atomic E-state index is 13.8. The van der Waals surface area contributed by atoms with E-state index in [9.17, 15) is 4.39 Å². The summed E-state index contributed by atoms with van der Waals surface area (Å²) in [5.74, 6) is 0.623. The molecule has 0 bridgehead atoms. The number of rotatable bonds is 4. The summed E-state index contributed by atoms with van der Waals surface area (Å²) in [5.41, 5.74) is 3.99. The van der Waals surface area contributed by atoms with Gasteiger partial charge in [-0.15, -0.1) is 5.10 Å². The highest BCUT2D eigenvalue weighted by Crippen LogP contribution is 2.35. The van der Waals surface area contributed by atoms with Crippen LogP contribution in [0, 0.1) is 5.82 Å². The lowest BCUT2D eigenvalue weighted by Gasteiger charge is -2.26. The topological polar surface area (TPSA) is 64.8 Å². The highest BCUT2D eigenvalue weighted by molar-refractivity contribution is 5.61. The molecule has 4 aromatic rings. The van der Waals surface area contributed by atoms with Gasteiger partial charge in [-0.2, -0.15) is 0 Å². The van der Waals surface area contributed by atoms with E-state index in [4.69, 9.17) is 19.6 Å². The van der Waals surface area contributed by atoms with Gasteiger partial charge in [0.2, 0.25) is 6.29 Å². The van der Waals surface area contributed by atoms with Crippen LogP contribution in [0.3, 0.4) is 0 Å². The van der Waals surface area contributed by atoms with Crippen molar-refractivity contribution in [3.63, 3.8) is 0 Å². The first-order valence-electron chi connectivity index (χ1n) is 10.8. The number of aromatic nitrogens is 4. The van der Waals surface area contributed by atoms with Crippen LogP contribution in [-0.2, 0) is 9.47 Å². The van der Waals surface area contributed by atoms with Crippen molar-refractivity contribution in [2.24, 2.45) is 0 Å². The van der Waals surface area contributed by atoms with Crippen molar-refractivity contribution in [1.29, 1.82) is 0 Å². The van der Waals surface area contributed by atoms with Gasteiger partial charge < -0.3 is 14.4 Å². The molecule has 6 rings (SSSR count). The van der Waals surface area contributed by atoms with Crippen LogP contribution in [0.15, 0.2) is 60.8 Å². The predicted molar refractivity (Wildman–Crippen MR) is 117 cm³/mol. The summed E-state index contributed by atoms with van der Waals surface area (Å²) >= 11 is 0. The first kappa shape index (κ1) is 19.3. The quantitative estimate of drug-likeness (QED) is 0.480. The molecule has 7 nitrogen and oxygen atoms in total. The van der Waals surface area contributed by atoms with E-state index in [1.807, 2.05) is 40.9 Å². The number of ether oxygens (including phenoxy) is 2. The fraction of sp³-hybridized carbons (Fsp3) is 0.292. The van der Waals surface area contributed by atoms with Gasteiger partial charge in [-0.1, -0.05) is 18.2 Å². The van der Waals surface area contributed by atoms with Crippen LogP contribution in [0.25, 0.3) is 17.0 Å². The number of hydrogen-bond donors (Lipinski definition) is 0. The van der Waals surface area contributed by atoms with Gasteiger partial charge >= 0.3 is 0 Å². The van der Waals surface area contributed by atoms with Gasteiger partial charge in [0.15, 0.2) is 5.65 Å². The third-order valence-corrected chi connectivity index (χ3v) is 6.03. The summed E-state index contributed by atoms with van der Waals surface area (Å²) in [7, 11) is 0. The highest BCUT2D eigenvalue weighted by Gasteiger charge is 2.28. The molecule has 2 saturated heterocycles.